The minimum Gasteiger partial charge on any atom is -0.495 e. The molecule has 0 bridgehead atoms. The quantitative estimate of drug-likeness (QED) is 0.564. The zero-order valence-corrected chi connectivity index (χ0v) is 15.3. The van der Waals surface area contributed by atoms with E-state index in [0.717, 1.165) is 21.5 Å². The molecule has 0 aliphatic carbocycles. The number of hydrogen-bond donors (Lipinski definition) is 0. The summed E-state index contributed by atoms with van der Waals surface area (Å²) in [6.45, 7) is 0. The highest BCUT2D eigenvalue weighted by Gasteiger charge is 2.21. The molecule has 4 rings (SSSR count). The Labute approximate surface area is 155 Å². The molecule has 0 atom stereocenters. The molecular formula is C21H19N3O3. The second kappa shape index (κ2) is 6.32. The number of rotatable bonds is 3. The lowest BCUT2D eigenvalue weighted by atomic mass is 10.1. The molecule has 2 aromatic heterocycles. The van der Waals surface area contributed by atoms with Crippen LogP contribution in [-0.4, -0.2) is 20.8 Å². The summed E-state index contributed by atoms with van der Waals surface area (Å²) >= 11 is 0. The predicted molar refractivity (Wildman–Crippen MR) is 106 cm³/mol. The third-order valence-corrected chi connectivity index (χ3v) is 4.83. The van der Waals surface area contributed by atoms with Gasteiger partial charge in [-0.3, -0.25) is 13.9 Å². The largest absolute Gasteiger partial charge is 0.495 e. The van der Waals surface area contributed by atoms with E-state index in [4.69, 9.17) is 4.74 Å². The maximum Gasteiger partial charge on any atom is 0.330 e. The van der Waals surface area contributed by atoms with Gasteiger partial charge in [0.05, 0.1) is 29.4 Å². The Morgan fingerprint density at radius 1 is 0.852 bits per heavy atom. The molecular weight excluding hydrogens is 342 g/mol. The lowest BCUT2D eigenvalue weighted by Gasteiger charge is -2.13. The van der Waals surface area contributed by atoms with E-state index in [1.807, 2.05) is 65.4 Å². The molecule has 136 valence electrons. The molecule has 27 heavy (non-hydrogen) atoms. The molecule has 0 aliphatic heterocycles. The van der Waals surface area contributed by atoms with Gasteiger partial charge in [-0.1, -0.05) is 42.5 Å². The number of hydrogen-bond acceptors (Lipinski definition) is 3. The van der Waals surface area contributed by atoms with Crippen molar-refractivity contribution in [1.29, 1.82) is 0 Å². The fraction of sp³-hybridized carbons (Fsp3) is 0.143. The van der Waals surface area contributed by atoms with Gasteiger partial charge in [0.15, 0.2) is 0 Å². The van der Waals surface area contributed by atoms with Crippen molar-refractivity contribution < 1.29 is 4.74 Å². The molecule has 0 aliphatic rings. The van der Waals surface area contributed by atoms with Crippen LogP contribution in [0.15, 0.2) is 70.4 Å². The van der Waals surface area contributed by atoms with Crippen LogP contribution in [-0.2, 0) is 14.1 Å². The van der Waals surface area contributed by atoms with E-state index in [2.05, 4.69) is 0 Å². The maximum absolute atomic E-state index is 13.0. The number of para-hydroxylation sites is 2. The van der Waals surface area contributed by atoms with Crippen LogP contribution < -0.4 is 16.0 Å². The Hall–Kier alpha value is -3.54. The van der Waals surface area contributed by atoms with Gasteiger partial charge in [0.25, 0.3) is 5.56 Å². The van der Waals surface area contributed by atoms with Gasteiger partial charge in [0, 0.05) is 20.3 Å². The van der Waals surface area contributed by atoms with Gasteiger partial charge in [-0.15, -0.1) is 0 Å². The Morgan fingerprint density at radius 3 is 2.22 bits per heavy atom. The normalized spacial score (nSPS) is 11.1. The first-order chi connectivity index (χ1) is 13.0. The van der Waals surface area contributed by atoms with Crippen molar-refractivity contribution in [3.05, 3.63) is 81.6 Å². The van der Waals surface area contributed by atoms with E-state index in [0.29, 0.717) is 16.7 Å². The third-order valence-electron chi connectivity index (χ3n) is 4.83. The van der Waals surface area contributed by atoms with Crippen LogP contribution in [0.2, 0.25) is 0 Å². The van der Waals surface area contributed by atoms with E-state index in [1.54, 1.807) is 14.2 Å². The SMILES string of the molecule is COc1ccccc1-n1cc2c(c1-c1ccccc1)c(=O)n(C)c(=O)n2C. The van der Waals surface area contributed by atoms with Crippen LogP contribution in [0.3, 0.4) is 0 Å². The number of methoxy groups -OCH3 is 1. The van der Waals surface area contributed by atoms with Gasteiger partial charge >= 0.3 is 5.69 Å². The Bertz CT molecular complexity index is 1260. The average Bonchev–Trinajstić information content (AvgIpc) is 3.12. The van der Waals surface area contributed by atoms with Crippen LogP contribution in [0, 0.1) is 0 Å². The maximum atomic E-state index is 13.0. The zero-order valence-electron chi connectivity index (χ0n) is 15.3. The number of aryl methyl sites for hydroxylation is 1. The lowest BCUT2D eigenvalue weighted by Crippen LogP contribution is -2.36. The first-order valence-corrected chi connectivity index (χ1v) is 8.54. The molecule has 2 heterocycles. The number of fused-ring (bicyclic) bond motifs is 1. The second-order valence-electron chi connectivity index (χ2n) is 6.35. The molecule has 6 heteroatoms. The first-order valence-electron chi connectivity index (χ1n) is 8.54. The molecule has 0 radical (unpaired) electrons. The van der Waals surface area contributed by atoms with Crippen molar-refractivity contribution in [3.8, 4) is 22.7 Å². The molecule has 2 aromatic carbocycles. The summed E-state index contributed by atoms with van der Waals surface area (Å²) in [7, 11) is 4.78. The van der Waals surface area contributed by atoms with Gasteiger partial charge in [0.1, 0.15) is 5.75 Å². The average molecular weight is 361 g/mol. The van der Waals surface area contributed by atoms with Gasteiger partial charge in [-0.05, 0) is 17.7 Å². The minimum absolute atomic E-state index is 0.319. The molecule has 0 saturated heterocycles. The van der Waals surface area contributed by atoms with Gasteiger partial charge in [-0.2, -0.15) is 0 Å². The fourth-order valence-corrected chi connectivity index (χ4v) is 3.44. The van der Waals surface area contributed by atoms with Crippen molar-refractivity contribution in [2.24, 2.45) is 14.1 Å². The molecule has 6 nitrogen and oxygen atoms in total. The standard InChI is InChI=1S/C21H19N3O3/c1-22-16-13-24(15-11-7-8-12-17(15)27-3)19(14-9-5-4-6-10-14)18(16)20(25)23(2)21(22)26/h4-13H,1-3H3. The summed E-state index contributed by atoms with van der Waals surface area (Å²) in [5.74, 6) is 0.678. The van der Waals surface area contributed by atoms with E-state index in [9.17, 15) is 9.59 Å². The van der Waals surface area contributed by atoms with Gasteiger partial charge < -0.3 is 9.30 Å². The van der Waals surface area contributed by atoms with Crippen molar-refractivity contribution in [1.82, 2.24) is 13.7 Å². The Balaban J connectivity index is 2.24. The molecule has 0 unspecified atom stereocenters. The van der Waals surface area contributed by atoms with Crippen LogP contribution in [0.1, 0.15) is 0 Å². The first kappa shape index (κ1) is 16.9. The highest BCUT2D eigenvalue weighted by Crippen LogP contribution is 2.33. The minimum atomic E-state index is -0.357. The molecule has 4 aromatic rings. The second-order valence-corrected chi connectivity index (χ2v) is 6.35. The van der Waals surface area contributed by atoms with E-state index >= 15 is 0 Å². The molecule has 0 fully saturated rings. The summed E-state index contributed by atoms with van der Waals surface area (Å²) in [6.07, 6.45) is 1.82. The summed E-state index contributed by atoms with van der Waals surface area (Å²) in [6, 6.07) is 17.3. The summed E-state index contributed by atoms with van der Waals surface area (Å²) in [4.78, 5) is 25.4. The fourth-order valence-electron chi connectivity index (χ4n) is 3.44. The monoisotopic (exact) mass is 361 g/mol. The smallest absolute Gasteiger partial charge is 0.330 e. The van der Waals surface area contributed by atoms with Crippen molar-refractivity contribution in [2.75, 3.05) is 7.11 Å². The number of benzene rings is 2. The predicted octanol–water partition coefficient (Wildman–Crippen LogP) is 2.70. The zero-order chi connectivity index (χ0) is 19.1. The number of ether oxygens (including phenoxy) is 1. The molecule has 0 spiro atoms. The van der Waals surface area contributed by atoms with Crippen LogP contribution in [0.4, 0.5) is 0 Å². The van der Waals surface area contributed by atoms with Crippen LogP contribution >= 0.6 is 0 Å². The van der Waals surface area contributed by atoms with Crippen molar-refractivity contribution >= 4 is 10.9 Å². The van der Waals surface area contributed by atoms with Gasteiger partial charge in [-0.25, -0.2) is 4.79 Å². The van der Waals surface area contributed by atoms with E-state index in [1.165, 1.54) is 11.6 Å². The Morgan fingerprint density at radius 2 is 1.52 bits per heavy atom. The third kappa shape index (κ3) is 2.49. The highest BCUT2D eigenvalue weighted by atomic mass is 16.5. The van der Waals surface area contributed by atoms with Crippen LogP contribution in [0.25, 0.3) is 27.8 Å². The van der Waals surface area contributed by atoms with Crippen molar-refractivity contribution in [2.45, 2.75) is 0 Å². The summed E-state index contributed by atoms with van der Waals surface area (Å²) < 4.78 is 10.1. The van der Waals surface area contributed by atoms with Crippen molar-refractivity contribution in [3.63, 3.8) is 0 Å². The Kier molecular flexibility index (Phi) is 3.96. The summed E-state index contributed by atoms with van der Waals surface area (Å²) in [5, 5.41) is 0.497. The highest BCUT2D eigenvalue weighted by molar-refractivity contribution is 5.95. The van der Waals surface area contributed by atoms with Gasteiger partial charge in [0.2, 0.25) is 0 Å². The van der Waals surface area contributed by atoms with Crippen LogP contribution in [0.5, 0.6) is 5.75 Å². The summed E-state index contributed by atoms with van der Waals surface area (Å²) in [5.41, 5.74) is 2.31. The number of nitrogens with zero attached hydrogens (tertiary/aromatic N) is 3. The lowest BCUT2D eigenvalue weighted by molar-refractivity contribution is 0.413. The topological polar surface area (TPSA) is 58.2 Å². The molecule has 0 saturated carbocycles. The van der Waals surface area contributed by atoms with E-state index in [-0.39, 0.29) is 11.2 Å². The molecule has 0 amide bonds. The molecule has 0 N–H and O–H groups in total. The number of aromatic nitrogens is 3. The van der Waals surface area contributed by atoms with E-state index < -0.39 is 0 Å².